The topological polar surface area (TPSA) is 229 Å². The summed E-state index contributed by atoms with van der Waals surface area (Å²) in [6, 6.07) is 15.9. The second-order valence-corrected chi connectivity index (χ2v) is 15.3. The molecule has 8 heterocycles. The number of aromatic nitrogens is 2. The SMILES string of the molecule is C=C[C@H]1CN2CC[C@H]1C[C@@H]2[C@@H](O)c1ccnc2ccc(OC)cc12.C=C[C@H]1CN2CC[C@H]1C[C@@H]2[C@@H](O)c1ccnc2ccc(OC)cc12.O.O.O=S(=O)(O)O. The number of nitrogens with zero attached hydrogens (tertiary/aromatic N) is 4. The molecular weight excluding hydrogens is 729 g/mol. The highest BCUT2D eigenvalue weighted by Gasteiger charge is 2.43. The standard InChI is InChI=1S/2C20H24N2O2.H2O4S.2H2O/c2*1-3-13-12-22-9-7-14(13)10-19(22)20(23)16-6-8-21-18-5-4-15(24-2)11-17(16)18;1-5(2,3)4;;/h2*3-6,8,11,13-14,19-20,23H,1,7,9-10,12H2,2H3;(H2,1,2,3,4);2*1H2/t2*13-,14-,19+,20-;;;/m00.../s1. The number of rotatable bonds is 8. The van der Waals surface area contributed by atoms with Crippen molar-refractivity contribution in [3.8, 4) is 11.5 Å². The van der Waals surface area contributed by atoms with Crippen LogP contribution < -0.4 is 9.47 Å². The summed E-state index contributed by atoms with van der Waals surface area (Å²) in [6.45, 7) is 12.1. The fourth-order valence-electron chi connectivity index (χ4n) is 8.89. The fraction of sp³-hybridized carbons (Fsp3) is 0.450. The van der Waals surface area contributed by atoms with Crippen molar-refractivity contribution in [1.29, 1.82) is 0 Å². The molecule has 6 saturated heterocycles. The zero-order valence-electron chi connectivity index (χ0n) is 31.2. The van der Waals surface area contributed by atoms with Crippen molar-refractivity contribution in [2.75, 3.05) is 40.4 Å². The van der Waals surface area contributed by atoms with Crippen molar-refractivity contribution in [2.24, 2.45) is 23.7 Å². The summed E-state index contributed by atoms with van der Waals surface area (Å²) < 4.78 is 42.3. The molecule has 2 aromatic heterocycles. The first-order chi connectivity index (χ1) is 25.4. The highest BCUT2D eigenvalue weighted by molar-refractivity contribution is 7.79. The van der Waals surface area contributed by atoms with E-state index in [0.29, 0.717) is 23.7 Å². The zero-order chi connectivity index (χ0) is 37.9. The highest BCUT2D eigenvalue weighted by Crippen LogP contribution is 2.43. The van der Waals surface area contributed by atoms with Crippen LogP contribution in [0.2, 0.25) is 0 Å². The van der Waals surface area contributed by atoms with Crippen molar-refractivity contribution in [1.82, 2.24) is 19.8 Å². The molecule has 0 saturated carbocycles. The van der Waals surface area contributed by atoms with Crippen LogP contribution >= 0.6 is 0 Å². The Labute approximate surface area is 322 Å². The summed E-state index contributed by atoms with van der Waals surface area (Å²) in [5, 5.41) is 24.3. The summed E-state index contributed by atoms with van der Waals surface area (Å²) >= 11 is 0. The van der Waals surface area contributed by atoms with E-state index >= 15 is 0 Å². The lowest BCUT2D eigenvalue weighted by atomic mass is 9.73. The molecule has 14 nitrogen and oxygen atoms in total. The van der Waals surface area contributed by atoms with Gasteiger partial charge in [-0.2, -0.15) is 8.42 Å². The Morgan fingerprint density at radius 1 is 0.727 bits per heavy atom. The first kappa shape index (κ1) is 43.7. The van der Waals surface area contributed by atoms with Crippen LogP contribution in [0.4, 0.5) is 0 Å². The quantitative estimate of drug-likeness (QED) is 0.147. The van der Waals surface area contributed by atoms with Crippen molar-refractivity contribution in [2.45, 2.75) is 50.0 Å². The van der Waals surface area contributed by atoms with Crippen LogP contribution in [0.1, 0.15) is 49.0 Å². The lowest BCUT2D eigenvalue weighted by Crippen LogP contribution is -2.54. The Balaban J connectivity index is 0.000000211. The van der Waals surface area contributed by atoms with Gasteiger partial charge in [-0.3, -0.25) is 28.9 Å². The zero-order valence-corrected chi connectivity index (χ0v) is 32.1. The molecule has 300 valence electrons. The first-order valence-electron chi connectivity index (χ1n) is 18.1. The predicted octanol–water partition coefficient (Wildman–Crippen LogP) is 4.04. The maximum absolute atomic E-state index is 11.2. The van der Waals surface area contributed by atoms with Crippen LogP contribution in [0.15, 0.2) is 86.2 Å². The molecule has 10 rings (SSSR count). The first-order valence-corrected chi connectivity index (χ1v) is 19.5. The van der Waals surface area contributed by atoms with E-state index in [1.54, 1.807) is 26.6 Å². The second-order valence-electron chi connectivity index (χ2n) is 14.4. The van der Waals surface area contributed by atoms with Gasteiger partial charge in [-0.15, -0.1) is 13.2 Å². The third-order valence-corrected chi connectivity index (χ3v) is 11.6. The number of aliphatic hydroxyl groups is 2. The molecule has 0 aliphatic carbocycles. The molecule has 15 heteroatoms. The predicted molar refractivity (Wildman–Crippen MR) is 211 cm³/mol. The van der Waals surface area contributed by atoms with Gasteiger partial charge in [-0.25, -0.2) is 0 Å². The molecule has 0 radical (unpaired) electrons. The van der Waals surface area contributed by atoms with E-state index in [1.807, 2.05) is 48.5 Å². The molecule has 6 aliphatic rings. The van der Waals surface area contributed by atoms with Gasteiger partial charge in [0.05, 0.1) is 37.5 Å². The van der Waals surface area contributed by atoms with E-state index in [1.165, 1.54) is 12.8 Å². The molecule has 0 amide bonds. The van der Waals surface area contributed by atoms with E-state index in [2.05, 4.69) is 45.1 Å². The third-order valence-electron chi connectivity index (χ3n) is 11.6. The Kier molecular flexibility index (Phi) is 14.9. The van der Waals surface area contributed by atoms with Crippen molar-refractivity contribution < 1.29 is 48.2 Å². The van der Waals surface area contributed by atoms with Crippen LogP contribution in [-0.2, 0) is 10.4 Å². The molecular formula is C40H54N4O10S. The minimum atomic E-state index is -4.67. The van der Waals surface area contributed by atoms with Gasteiger partial charge in [0, 0.05) is 48.3 Å². The number of ether oxygens (including phenoxy) is 2. The van der Waals surface area contributed by atoms with E-state index in [-0.39, 0.29) is 23.0 Å². The van der Waals surface area contributed by atoms with Gasteiger partial charge in [-0.05, 0) is 122 Å². The fourth-order valence-corrected chi connectivity index (χ4v) is 8.89. The Hall–Kier alpha value is -4.03. The second kappa shape index (κ2) is 18.7. The van der Waals surface area contributed by atoms with Gasteiger partial charge in [0.2, 0.25) is 0 Å². The molecule has 6 aliphatic heterocycles. The van der Waals surface area contributed by atoms with Crippen LogP contribution in [-0.4, -0.2) is 111 Å². The van der Waals surface area contributed by atoms with E-state index < -0.39 is 22.6 Å². The average molecular weight is 783 g/mol. The third kappa shape index (κ3) is 9.86. The summed E-state index contributed by atoms with van der Waals surface area (Å²) in [6.07, 6.45) is 11.2. The normalized spacial score (nSPS) is 27.5. The minimum absolute atomic E-state index is 0. The smallest absolute Gasteiger partial charge is 0.394 e. The lowest BCUT2D eigenvalue weighted by molar-refractivity contribution is -0.0445. The van der Waals surface area contributed by atoms with Gasteiger partial charge in [-0.1, -0.05) is 12.2 Å². The van der Waals surface area contributed by atoms with Gasteiger partial charge in [0.15, 0.2) is 0 Å². The number of aliphatic hydroxyl groups excluding tert-OH is 2. The Morgan fingerprint density at radius 2 is 1.11 bits per heavy atom. The maximum Gasteiger partial charge on any atom is 0.394 e. The van der Waals surface area contributed by atoms with Crippen molar-refractivity contribution in [3.63, 3.8) is 0 Å². The molecule has 6 fully saturated rings. The van der Waals surface area contributed by atoms with E-state index in [9.17, 15) is 10.2 Å². The monoisotopic (exact) mass is 782 g/mol. The number of fused-ring (bicyclic) bond motifs is 8. The Bertz CT molecular complexity index is 1900. The number of hydrogen-bond donors (Lipinski definition) is 4. The number of piperidine rings is 6. The number of benzene rings is 2. The molecule has 2 unspecified atom stereocenters. The number of hydrogen-bond acceptors (Lipinski definition) is 10. The molecule has 10 atom stereocenters. The lowest BCUT2D eigenvalue weighted by Gasteiger charge is -2.50. The van der Waals surface area contributed by atoms with Crippen LogP contribution in [0.3, 0.4) is 0 Å². The summed E-state index contributed by atoms with van der Waals surface area (Å²) in [4.78, 5) is 13.7. The van der Waals surface area contributed by atoms with E-state index in [4.69, 9.17) is 27.0 Å². The molecule has 0 spiro atoms. The largest absolute Gasteiger partial charge is 0.497 e. The summed E-state index contributed by atoms with van der Waals surface area (Å²) in [5.41, 5.74) is 3.69. The van der Waals surface area contributed by atoms with Crippen molar-refractivity contribution in [3.05, 3.63) is 97.4 Å². The highest BCUT2D eigenvalue weighted by atomic mass is 32.3. The minimum Gasteiger partial charge on any atom is -0.497 e. The van der Waals surface area contributed by atoms with Crippen molar-refractivity contribution >= 4 is 32.2 Å². The number of methoxy groups -OCH3 is 2. The number of pyridine rings is 2. The Morgan fingerprint density at radius 3 is 1.42 bits per heavy atom. The molecule has 8 N–H and O–H groups in total. The summed E-state index contributed by atoms with van der Waals surface area (Å²) in [7, 11) is -1.34. The van der Waals surface area contributed by atoms with Gasteiger partial charge in [0.1, 0.15) is 11.5 Å². The van der Waals surface area contributed by atoms with Gasteiger partial charge in [0.25, 0.3) is 0 Å². The molecule has 4 bridgehead atoms. The van der Waals surface area contributed by atoms with E-state index in [0.717, 1.165) is 83.5 Å². The van der Waals surface area contributed by atoms with Gasteiger partial charge < -0.3 is 30.6 Å². The molecule has 2 aromatic carbocycles. The maximum atomic E-state index is 11.2. The van der Waals surface area contributed by atoms with Gasteiger partial charge >= 0.3 is 10.4 Å². The van der Waals surface area contributed by atoms with Crippen LogP contribution in [0.5, 0.6) is 11.5 Å². The van der Waals surface area contributed by atoms with Crippen LogP contribution in [0.25, 0.3) is 21.8 Å². The molecule has 4 aromatic rings. The molecule has 55 heavy (non-hydrogen) atoms. The average Bonchev–Trinajstić information content (AvgIpc) is 3.19. The van der Waals surface area contributed by atoms with Crippen LogP contribution in [0, 0.1) is 23.7 Å². The summed E-state index contributed by atoms with van der Waals surface area (Å²) in [5.74, 6) is 4.01.